The van der Waals surface area contributed by atoms with E-state index in [2.05, 4.69) is 18.9 Å². The van der Waals surface area contributed by atoms with Crippen LogP contribution in [-0.2, 0) is 85.8 Å². The normalized spacial score (nSPS) is 30.7. The summed E-state index contributed by atoms with van der Waals surface area (Å²) in [5, 5.41) is 0. The molecule has 0 heterocycles. The second kappa shape index (κ2) is 28.1. The molecule has 12 rings (SSSR count). The summed E-state index contributed by atoms with van der Waals surface area (Å²) in [5.41, 5.74) is -3.60. The first kappa shape index (κ1) is 70.3. The summed E-state index contributed by atoms with van der Waals surface area (Å²) in [5.74, 6) is -13.3. The van der Waals surface area contributed by atoms with Crippen LogP contribution < -0.4 is 0 Å². The van der Waals surface area contributed by atoms with Gasteiger partial charge in [0, 0.05) is 0 Å². The van der Waals surface area contributed by atoms with Crippen LogP contribution in [-0.4, -0.2) is 125 Å². The third kappa shape index (κ3) is 17.0. The van der Waals surface area contributed by atoms with E-state index in [9.17, 15) is 69.5 Å². The molecule has 18 nitrogen and oxygen atoms in total. The number of esters is 9. The molecule has 12 aliphatic carbocycles. The van der Waals surface area contributed by atoms with Gasteiger partial charge in [0.25, 0.3) is 0 Å². The molecule has 12 saturated carbocycles. The SMILES string of the molecule is CCC(C)(C)C(=O)OCCOC(=O)C(F)(F)COC(=O)C12CC3CC(CC(C3)C1)C2.CCC(C)(C)C(=O)OCCOC(=O)C(F)(F)OC(=O)C12CC3CC(CC(C3)C1)C2.CCC(C)C(=O)OCCOC(=O)C(F)(F)COC(=O)C12CC3CC(CC(C3)C1)C2. The first-order valence-electron chi connectivity index (χ1n) is 31.8. The number of rotatable bonds is 26. The van der Waals surface area contributed by atoms with Gasteiger partial charge in [-0.2, -0.15) is 26.3 Å². The van der Waals surface area contributed by atoms with Gasteiger partial charge in [0.2, 0.25) is 0 Å². The van der Waals surface area contributed by atoms with Crippen molar-refractivity contribution in [2.75, 3.05) is 52.9 Å². The second-order valence-corrected chi connectivity index (χ2v) is 28.7. The Morgan fingerprint density at radius 1 is 0.375 bits per heavy atom. The van der Waals surface area contributed by atoms with Crippen LogP contribution in [0.5, 0.6) is 0 Å². The number of carbonyl (C=O) groups is 9. The fourth-order valence-corrected chi connectivity index (χ4v) is 16.2. The van der Waals surface area contributed by atoms with E-state index in [1.165, 1.54) is 0 Å². The van der Waals surface area contributed by atoms with E-state index in [-0.39, 0.29) is 25.7 Å². The minimum Gasteiger partial charge on any atom is -0.462 e. The van der Waals surface area contributed by atoms with E-state index in [1.807, 2.05) is 20.8 Å². The summed E-state index contributed by atoms with van der Waals surface area (Å²) < 4.78 is 127. The Labute approximate surface area is 511 Å². The van der Waals surface area contributed by atoms with E-state index in [0.29, 0.717) is 130 Å². The molecule has 1 atom stereocenters. The Hall–Kier alpha value is -5.19. The summed E-state index contributed by atoms with van der Waals surface area (Å²) in [6.45, 7) is 8.86. The molecule has 1 unspecified atom stereocenters. The van der Waals surface area contributed by atoms with Crippen molar-refractivity contribution in [1.82, 2.24) is 0 Å². The van der Waals surface area contributed by atoms with Gasteiger partial charge in [0.15, 0.2) is 13.2 Å². The summed E-state index contributed by atoms with van der Waals surface area (Å²) >= 11 is 0. The highest BCUT2D eigenvalue weighted by Crippen LogP contribution is 2.63. The molecule has 0 amide bonds. The zero-order chi connectivity index (χ0) is 64.8. The van der Waals surface area contributed by atoms with Crippen molar-refractivity contribution < 1.29 is 112 Å². The Morgan fingerprint density at radius 2 is 0.625 bits per heavy atom. The lowest BCUT2D eigenvalue weighted by Gasteiger charge is -2.55. The maximum Gasteiger partial charge on any atom is 0.504 e. The van der Waals surface area contributed by atoms with Crippen LogP contribution in [0, 0.1) is 86.3 Å². The lowest BCUT2D eigenvalue weighted by molar-refractivity contribution is -0.255. The van der Waals surface area contributed by atoms with Crippen LogP contribution in [0.25, 0.3) is 0 Å². The molecule has 0 radical (unpaired) electrons. The van der Waals surface area contributed by atoms with Crippen LogP contribution >= 0.6 is 0 Å². The van der Waals surface area contributed by atoms with Gasteiger partial charge in [0.05, 0.1) is 33.0 Å². The first-order valence-corrected chi connectivity index (χ1v) is 31.8. The van der Waals surface area contributed by atoms with E-state index < -0.39 is 132 Å². The van der Waals surface area contributed by atoms with Gasteiger partial charge in [-0.25, -0.2) is 14.4 Å². The van der Waals surface area contributed by atoms with Gasteiger partial charge in [-0.3, -0.25) is 28.8 Å². The lowest BCUT2D eigenvalue weighted by atomic mass is 9.49. The zero-order valence-electron chi connectivity index (χ0n) is 52.4. The zero-order valence-corrected chi connectivity index (χ0v) is 52.4. The maximum absolute atomic E-state index is 14.2. The largest absolute Gasteiger partial charge is 0.504 e. The Bertz CT molecular complexity index is 2440. The van der Waals surface area contributed by atoms with E-state index in [1.54, 1.807) is 34.6 Å². The third-order valence-electron chi connectivity index (χ3n) is 20.8. The third-order valence-corrected chi connectivity index (χ3v) is 20.8. The molecule has 0 aromatic carbocycles. The van der Waals surface area contributed by atoms with Crippen LogP contribution in [0.1, 0.15) is 190 Å². The van der Waals surface area contributed by atoms with E-state index >= 15 is 0 Å². The van der Waals surface area contributed by atoms with Crippen LogP contribution in [0.4, 0.5) is 26.3 Å². The number of alkyl halides is 6. The van der Waals surface area contributed by atoms with Crippen molar-refractivity contribution in [2.24, 2.45) is 86.3 Å². The number of ether oxygens (including phenoxy) is 9. The van der Waals surface area contributed by atoms with Gasteiger partial charge < -0.3 is 42.6 Å². The molecule has 0 spiro atoms. The topological polar surface area (TPSA) is 237 Å². The molecule has 498 valence electrons. The van der Waals surface area contributed by atoms with Crippen molar-refractivity contribution >= 4 is 53.7 Å². The smallest absolute Gasteiger partial charge is 0.462 e. The highest BCUT2D eigenvalue weighted by Gasteiger charge is 2.60. The quantitative estimate of drug-likeness (QED) is 0.0339. The number of hydrogen-bond donors (Lipinski definition) is 0. The van der Waals surface area contributed by atoms with E-state index in [0.717, 1.165) is 57.8 Å². The molecule has 0 aromatic heterocycles. The summed E-state index contributed by atoms with van der Waals surface area (Å²) in [7, 11) is 0. The van der Waals surface area contributed by atoms with Crippen molar-refractivity contribution in [3.63, 3.8) is 0 Å². The summed E-state index contributed by atoms with van der Waals surface area (Å²) in [4.78, 5) is 108. The fourth-order valence-electron chi connectivity index (χ4n) is 16.2. The molecule has 0 aromatic rings. The minimum absolute atomic E-state index is 0.294. The average Bonchev–Trinajstić information content (AvgIpc) is 1.04. The predicted octanol–water partition coefficient (Wildman–Crippen LogP) is 11.3. The maximum atomic E-state index is 14.2. The highest BCUT2D eigenvalue weighted by atomic mass is 19.3. The lowest BCUT2D eigenvalue weighted by Crippen LogP contribution is -2.52. The molecular weight excluding hydrogens is 1170 g/mol. The second-order valence-electron chi connectivity index (χ2n) is 28.7. The standard InChI is InChI=1S/C22H32F2O6.2C21H30F2O6/c1-4-20(2,3)17(25)28-5-6-29-19(27)22(23,24)13-30-18(26)21-10-14-7-15(11-21)9-16(8-14)12-21;1-4-19(2,3)16(24)27-5-6-28-18(26)21(22,23)29-17(25)20-10-13-7-14(11-20)9-15(8-13)12-20;1-3-13(2)17(24)27-4-5-28-19(26)21(22,23)12-29-18(25)20-9-14-6-15(10-20)8-16(7-14)11-20/h14-16H,4-13H2,1-3H3;13-15H,4-12H2,1-3H3;13-16H,3-12H2,1-2H3. The van der Waals surface area contributed by atoms with Crippen molar-refractivity contribution in [2.45, 2.75) is 208 Å². The van der Waals surface area contributed by atoms with Gasteiger partial charge in [-0.1, -0.05) is 27.7 Å². The molecule has 0 aliphatic heterocycles. The molecule has 88 heavy (non-hydrogen) atoms. The Morgan fingerprint density at radius 3 is 0.898 bits per heavy atom. The molecule has 12 bridgehead atoms. The predicted molar refractivity (Wildman–Crippen MR) is 298 cm³/mol. The van der Waals surface area contributed by atoms with Crippen LogP contribution in [0.2, 0.25) is 0 Å². The molecule has 24 heteroatoms. The Kier molecular flexibility index (Phi) is 22.5. The molecule has 12 fully saturated rings. The summed E-state index contributed by atoms with van der Waals surface area (Å²) in [6, 6.07) is 0. The number of carbonyl (C=O) groups excluding carboxylic acids is 9. The first-order chi connectivity index (χ1) is 41.1. The van der Waals surface area contributed by atoms with E-state index in [4.69, 9.17) is 23.7 Å². The molecule has 12 aliphatic rings. The average molecular weight is 1260 g/mol. The Balaban J connectivity index is 0.000000188. The van der Waals surface area contributed by atoms with Gasteiger partial charge in [-0.15, -0.1) is 0 Å². The van der Waals surface area contributed by atoms with Gasteiger partial charge in [0.1, 0.15) is 39.6 Å². The molecule has 0 N–H and O–H groups in total. The fraction of sp³-hybridized carbons (Fsp3) is 0.859. The van der Waals surface area contributed by atoms with Crippen LogP contribution in [0.15, 0.2) is 0 Å². The van der Waals surface area contributed by atoms with Gasteiger partial charge >= 0.3 is 71.7 Å². The van der Waals surface area contributed by atoms with Gasteiger partial charge in [-0.05, 0) is 216 Å². The van der Waals surface area contributed by atoms with Crippen molar-refractivity contribution in [3.8, 4) is 0 Å². The highest BCUT2D eigenvalue weighted by molar-refractivity contribution is 5.84. The molecular formula is C64H92F6O18. The van der Waals surface area contributed by atoms with Crippen LogP contribution in [0.3, 0.4) is 0 Å². The van der Waals surface area contributed by atoms with Crippen molar-refractivity contribution in [3.05, 3.63) is 0 Å². The minimum atomic E-state index is -4.35. The monoisotopic (exact) mass is 1260 g/mol. The van der Waals surface area contributed by atoms with Crippen molar-refractivity contribution in [1.29, 1.82) is 0 Å². The molecule has 0 saturated heterocycles. The number of halogens is 6. The number of hydrogen-bond acceptors (Lipinski definition) is 18. The summed E-state index contributed by atoms with van der Waals surface area (Å²) in [6.07, 6.45) is 13.1.